The monoisotopic (exact) mass is 392 g/mol. The number of hydrogen-bond acceptors (Lipinski definition) is 6. The molecule has 1 aliphatic rings. The van der Waals surface area contributed by atoms with E-state index in [1.165, 1.54) is 30.4 Å². The lowest BCUT2D eigenvalue weighted by Gasteiger charge is -2.38. The summed E-state index contributed by atoms with van der Waals surface area (Å²) in [6.45, 7) is 1.76. The Kier molecular flexibility index (Phi) is 5.47. The summed E-state index contributed by atoms with van der Waals surface area (Å²) in [4.78, 5) is 26.6. The van der Waals surface area contributed by atoms with Crippen LogP contribution < -0.4 is 5.32 Å². The van der Waals surface area contributed by atoms with Crippen molar-refractivity contribution in [3.8, 4) is 0 Å². The van der Waals surface area contributed by atoms with Crippen molar-refractivity contribution >= 4 is 33.5 Å². The van der Waals surface area contributed by atoms with Gasteiger partial charge in [0.15, 0.2) is 0 Å². The summed E-state index contributed by atoms with van der Waals surface area (Å²) in [6.07, 6.45) is 0. The SMILES string of the molecule is COC(=O)[C@H]1NCCN(Cc2ccc3c(ccc4ccccc43)c2)[C@H]1C(=O)OC. The highest BCUT2D eigenvalue weighted by Crippen LogP contribution is 2.27. The van der Waals surface area contributed by atoms with Crippen LogP contribution in [0.5, 0.6) is 0 Å². The summed E-state index contributed by atoms with van der Waals surface area (Å²) in [5.41, 5.74) is 1.08. The molecule has 0 unspecified atom stereocenters. The van der Waals surface area contributed by atoms with Gasteiger partial charge in [-0.05, 0) is 33.2 Å². The second-order valence-electron chi connectivity index (χ2n) is 7.24. The fourth-order valence-electron chi connectivity index (χ4n) is 4.14. The molecule has 1 N–H and O–H groups in total. The predicted molar refractivity (Wildman–Crippen MR) is 111 cm³/mol. The molecule has 0 amide bonds. The average Bonchev–Trinajstić information content (AvgIpc) is 2.77. The first kappa shape index (κ1) is 19.4. The highest BCUT2D eigenvalue weighted by molar-refractivity contribution is 6.07. The first-order valence-corrected chi connectivity index (χ1v) is 9.66. The quantitative estimate of drug-likeness (QED) is 0.544. The Balaban J connectivity index is 1.65. The molecule has 3 aromatic carbocycles. The van der Waals surface area contributed by atoms with Crippen LogP contribution in [0, 0.1) is 0 Å². The Hall–Kier alpha value is -2.96. The van der Waals surface area contributed by atoms with Gasteiger partial charge in [0.25, 0.3) is 0 Å². The summed E-state index contributed by atoms with van der Waals surface area (Å²) in [7, 11) is 2.66. The van der Waals surface area contributed by atoms with Crippen LogP contribution in [0.15, 0.2) is 54.6 Å². The number of carbonyl (C=O) groups excluding carboxylic acids is 2. The van der Waals surface area contributed by atoms with E-state index in [2.05, 4.69) is 47.8 Å². The van der Waals surface area contributed by atoms with Crippen molar-refractivity contribution in [1.82, 2.24) is 10.2 Å². The van der Waals surface area contributed by atoms with Crippen LogP contribution >= 0.6 is 0 Å². The fourth-order valence-corrected chi connectivity index (χ4v) is 4.14. The molecule has 150 valence electrons. The normalized spacial score (nSPS) is 19.9. The first-order chi connectivity index (χ1) is 14.1. The van der Waals surface area contributed by atoms with Crippen molar-refractivity contribution in [3.05, 3.63) is 60.2 Å². The number of piperazine rings is 1. The molecule has 1 aliphatic heterocycles. The van der Waals surface area contributed by atoms with Crippen LogP contribution in [-0.4, -0.2) is 56.2 Å². The van der Waals surface area contributed by atoms with Gasteiger partial charge in [0, 0.05) is 19.6 Å². The number of methoxy groups -OCH3 is 2. The molecule has 3 aromatic rings. The van der Waals surface area contributed by atoms with Gasteiger partial charge in [0.05, 0.1) is 14.2 Å². The Morgan fingerprint density at radius 2 is 1.69 bits per heavy atom. The number of nitrogens with one attached hydrogen (secondary N) is 1. The molecule has 0 saturated carbocycles. The fraction of sp³-hybridized carbons (Fsp3) is 0.304. The van der Waals surface area contributed by atoms with Gasteiger partial charge in [-0.3, -0.25) is 14.5 Å². The van der Waals surface area contributed by atoms with Gasteiger partial charge in [-0.1, -0.05) is 48.5 Å². The smallest absolute Gasteiger partial charge is 0.325 e. The van der Waals surface area contributed by atoms with Crippen molar-refractivity contribution in [2.24, 2.45) is 0 Å². The molecule has 29 heavy (non-hydrogen) atoms. The molecule has 2 atom stereocenters. The van der Waals surface area contributed by atoms with Crippen LogP contribution in [0.25, 0.3) is 21.5 Å². The Morgan fingerprint density at radius 1 is 0.966 bits per heavy atom. The third-order valence-corrected chi connectivity index (χ3v) is 5.57. The van der Waals surface area contributed by atoms with Gasteiger partial charge in [-0.15, -0.1) is 0 Å². The summed E-state index contributed by atoms with van der Waals surface area (Å²) in [5.74, 6) is -0.908. The zero-order valence-corrected chi connectivity index (χ0v) is 16.6. The minimum atomic E-state index is -0.745. The molecule has 0 spiro atoms. The lowest BCUT2D eigenvalue weighted by molar-refractivity contribution is -0.158. The first-order valence-electron chi connectivity index (χ1n) is 9.66. The zero-order chi connectivity index (χ0) is 20.4. The predicted octanol–water partition coefficient (Wildman–Crippen LogP) is 2.48. The number of rotatable bonds is 4. The summed E-state index contributed by atoms with van der Waals surface area (Å²) < 4.78 is 9.85. The number of carbonyl (C=O) groups is 2. The van der Waals surface area contributed by atoms with Crippen molar-refractivity contribution in [1.29, 1.82) is 0 Å². The minimum absolute atomic E-state index is 0.445. The van der Waals surface area contributed by atoms with Gasteiger partial charge in [0.1, 0.15) is 12.1 Å². The standard InChI is InChI=1S/C23H24N2O4/c1-28-22(26)20-21(23(27)29-2)25(12-11-24-20)14-15-7-10-19-17(13-15)9-8-16-5-3-4-6-18(16)19/h3-10,13,20-21,24H,11-12,14H2,1-2H3/t20-,21+/m0/s1. The number of esters is 2. The Bertz CT molecular complexity index is 1070. The topological polar surface area (TPSA) is 67.9 Å². The lowest BCUT2D eigenvalue weighted by Crippen LogP contribution is -2.64. The Labute approximate surface area is 169 Å². The largest absolute Gasteiger partial charge is 0.468 e. The molecule has 1 heterocycles. The highest BCUT2D eigenvalue weighted by Gasteiger charge is 2.42. The van der Waals surface area contributed by atoms with E-state index >= 15 is 0 Å². The summed E-state index contributed by atoms with van der Waals surface area (Å²) in [6, 6.07) is 17.4. The van der Waals surface area contributed by atoms with Crippen molar-refractivity contribution < 1.29 is 19.1 Å². The number of nitrogens with zero attached hydrogens (tertiary/aromatic N) is 1. The molecule has 1 fully saturated rings. The number of hydrogen-bond donors (Lipinski definition) is 1. The number of fused-ring (bicyclic) bond motifs is 3. The van der Waals surface area contributed by atoms with Crippen LogP contribution in [0.3, 0.4) is 0 Å². The molecule has 0 aliphatic carbocycles. The lowest BCUT2D eigenvalue weighted by atomic mass is 9.98. The van der Waals surface area contributed by atoms with E-state index in [0.29, 0.717) is 19.6 Å². The van der Waals surface area contributed by atoms with Crippen LogP contribution in [-0.2, 0) is 25.6 Å². The van der Waals surface area contributed by atoms with Crippen LogP contribution in [0.2, 0.25) is 0 Å². The van der Waals surface area contributed by atoms with E-state index in [1.807, 2.05) is 17.0 Å². The zero-order valence-electron chi connectivity index (χ0n) is 16.6. The van der Waals surface area contributed by atoms with E-state index in [4.69, 9.17) is 9.47 Å². The molecular formula is C23H24N2O4. The second kappa shape index (κ2) is 8.19. The van der Waals surface area contributed by atoms with Crippen molar-refractivity contribution in [2.45, 2.75) is 18.6 Å². The summed E-state index contributed by atoms with van der Waals surface area (Å²) >= 11 is 0. The third kappa shape index (κ3) is 3.69. The minimum Gasteiger partial charge on any atom is -0.468 e. The molecular weight excluding hydrogens is 368 g/mol. The molecule has 0 aromatic heterocycles. The van der Waals surface area contributed by atoms with Gasteiger partial charge < -0.3 is 14.8 Å². The van der Waals surface area contributed by atoms with Crippen LogP contribution in [0.4, 0.5) is 0 Å². The molecule has 6 heteroatoms. The molecule has 1 saturated heterocycles. The molecule has 0 radical (unpaired) electrons. The maximum atomic E-state index is 12.4. The van der Waals surface area contributed by atoms with Crippen molar-refractivity contribution in [3.63, 3.8) is 0 Å². The molecule has 6 nitrogen and oxygen atoms in total. The molecule has 4 rings (SSSR count). The van der Waals surface area contributed by atoms with Crippen LogP contribution in [0.1, 0.15) is 5.56 Å². The maximum Gasteiger partial charge on any atom is 0.325 e. The average molecular weight is 392 g/mol. The van der Waals surface area contributed by atoms with Gasteiger partial charge in [-0.2, -0.15) is 0 Å². The summed E-state index contributed by atoms with van der Waals surface area (Å²) in [5, 5.41) is 7.86. The van der Waals surface area contributed by atoms with E-state index in [-0.39, 0.29) is 0 Å². The second-order valence-corrected chi connectivity index (χ2v) is 7.24. The van der Waals surface area contributed by atoms with E-state index in [0.717, 1.165) is 10.9 Å². The van der Waals surface area contributed by atoms with Gasteiger partial charge in [-0.25, -0.2) is 0 Å². The number of ether oxygens (including phenoxy) is 2. The maximum absolute atomic E-state index is 12.4. The van der Waals surface area contributed by atoms with E-state index in [9.17, 15) is 9.59 Å². The van der Waals surface area contributed by atoms with Gasteiger partial charge in [0.2, 0.25) is 0 Å². The van der Waals surface area contributed by atoms with E-state index < -0.39 is 24.0 Å². The van der Waals surface area contributed by atoms with Crippen molar-refractivity contribution in [2.75, 3.05) is 27.3 Å². The number of benzene rings is 3. The molecule has 0 bridgehead atoms. The van der Waals surface area contributed by atoms with Gasteiger partial charge >= 0.3 is 11.9 Å². The third-order valence-electron chi connectivity index (χ3n) is 5.57. The Morgan fingerprint density at radius 3 is 2.48 bits per heavy atom. The van der Waals surface area contributed by atoms with E-state index in [1.54, 1.807) is 0 Å². The highest BCUT2D eigenvalue weighted by atomic mass is 16.5.